The van der Waals surface area contributed by atoms with Crippen LogP contribution in [0.4, 0.5) is 0 Å². The van der Waals surface area contributed by atoms with E-state index < -0.39 is 0 Å². The summed E-state index contributed by atoms with van der Waals surface area (Å²) in [5, 5.41) is 4.43. The van der Waals surface area contributed by atoms with Gasteiger partial charge in [-0.15, -0.1) is 0 Å². The third kappa shape index (κ3) is 2.83. The van der Waals surface area contributed by atoms with E-state index in [1.165, 1.54) is 5.56 Å². The quantitative estimate of drug-likeness (QED) is 0.742. The second-order valence-corrected chi connectivity index (χ2v) is 5.21. The van der Waals surface area contributed by atoms with Gasteiger partial charge >= 0.3 is 0 Å². The summed E-state index contributed by atoms with van der Waals surface area (Å²) < 4.78 is 7.08. The Morgan fingerprint density at radius 3 is 2.59 bits per heavy atom. The maximum Gasteiger partial charge on any atom is 0.118 e. The minimum Gasteiger partial charge on any atom is -0.497 e. The van der Waals surface area contributed by atoms with E-state index in [4.69, 9.17) is 4.74 Å². The van der Waals surface area contributed by atoms with Gasteiger partial charge in [-0.1, -0.05) is 12.1 Å². The molecule has 0 N–H and O–H groups in total. The SMILES string of the molecule is COc1ccc(Cn2cc(-c3ncnc(C)c3C)cn2)cc1. The van der Waals surface area contributed by atoms with Gasteiger partial charge in [0.1, 0.15) is 12.1 Å². The molecule has 2 aromatic heterocycles. The maximum absolute atomic E-state index is 5.17. The minimum absolute atomic E-state index is 0.715. The molecule has 0 aliphatic heterocycles. The largest absolute Gasteiger partial charge is 0.497 e. The molecule has 0 bridgehead atoms. The molecule has 5 nitrogen and oxygen atoms in total. The molecule has 0 fully saturated rings. The van der Waals surface area contributed by atoms with E-state index in [0.717, 1.165) is 28.3 Å². The van der Waals surface area contributed by atoms with Crippen LogP contribution in [0, 0.1) is 13.8 Å². The van der Waals surface area contributed by atoms with Crippen molar-refractivity contribution in [2.75, 3.05) is 7.11 Å². The molecule has 0 saturated carbocycles. The Balaban J connectivity index is 1.82. The highest BCUT2D eigenvalue weighted by Gasteiger charge is 2.09. The van der Waals surface area contributed by atoms with Crippen molar-refractivity contribution >= 4 is 0 Å². The van der Waals surface area contributed by atoms with Crippen LogP contribution in [0.5, 0.6) is 5.75 Å². The van der Waals surface area contributed by atoms with Gasteiger partial charge in [-0.2, -0.15) is 5.10 Å². The van der Waals surface area contributed by atoms with Crippen molar-refractivity contribution in [3.05, 3.63) is 59.8 Å². The number of aryl methyl sites for hydroxylation is 1. The van der Waals surface area contributed by atoms with E-state index >= 15 is 0 Å². The van der Waals surface area contributed by atoms with Gasteiger partial charge in [0.05, 0.1) is 25.5 Å². The molecule has 0 atom stereocenters. The first-order valence-corrected chi connectivity index (χ1v) is 7.11. The molecule has 22 heavy (non-hydrogen) atoms. The summed E-state index contributed by atoms with van der Waals surface area (Å²) in [5.41, 5.74) is 5.20. The lowest BCUT2D eigenvalue weighted by Gasteiger charge is -2.05. The van der Waals surface area contributed by atoms with Crippen molar-refractivity contribution in [1.82, 2.24) is 19.7 Å². The van der Waals surface area contributed by atoms with E-state index in [1.54, 1.807) is 13.4 Å². The molecule has 0 spiro atoms. The number of benzene rings is 1. The van der Waals surface area contributed by atoms with Crippen molar-refractivity contribution in [1.29, 1.82) is 0 Å². The van der Waals surface area contributed by atoms with Crippen LogP contribution in [0.25, 0.3) is 11.3 Å². The molecule has 112 valence electrons. The summed E-state index contributed by atoms with van der Waals surface area (Å²) in [7, 11) is 1.67. The minimum atomic E-state index is 0.715. The Bertz CT molecular complexity index is 778. The topological polar surface area (TPSA) is 52.8 Å². The molecule has 5 heteroatoms. The predicted octanol–water partition coefficient (Wildman–Crippen LogP) is 3.01. The van der Waals surface area contributed by atoms with E-state index in [9.17, 15) is 0 Å². The van der Waals surface area contributed by atoms with Gasteiger partial charge in [0.25, 0.3) is 0 Å². The van der Waals surface area contributed by atoms with Crippen LogP contribution in [0.1, 0.15) is 16.8 Å². The van der Waals surface area contributed by atoms with Crippen LogP contribution in [0.15, 0.2) is 43.0 Å². The van der Waals surface area contributed by atoms with Gasteiger partial charge in [0.2, 0.25) is 0 Å². The zero-order chi connectivity index (χ0) is 15.5. The summed E-state index contributed by atoms with van der Waals surface area (Å²) in [6, 6.07) is 8.00. The van der Waals surface area contributed by atoms with E-state index in [1.807, 2.05) is 55.2 Å². The Morgan fingerprint density at radius 2 is 1.86 bits per heavy atom. The van der Waals surface area contributed by atoms with E-state index in [0.29, 0.717) is 6.54 Å². The van der Waals surface area contributed by atoms with Crippen LogP contribution >= 0.6 is 0 Å². The fraction of sp³-hybridized carbons (Fsp3) is 0.235. The number of rotatable bonds is 4. The molecule has 0 saturated heterocycles. The summed E-state index contributed by atoms with van der Waals surface area (Å²) >= 11 is 0. The lowest BCUT2D eigenvalue weighted by atomic mass is 10.1. The normalized spacial score (nSPS) is 10.7. The second kappa shape index (κ2) is 5.97. The number of hydrogen-bond acceptors (Lipinski definition) is 4. The van der Waals surface area contributed by atoms with E-state index in [2.05, 4.69) is 15.1 Å². The van der Waals surface area contributed by atoms with E-state index in [-0.39, 0.29) is 0 Å². The molecular weight excluding hydrogens is 276 g/mol. The molecular formula is C17H18N4O. The van der Waals surface area contributed by atoms with Gasteiger partial charge in [-0.25, -0.2) is 9.97 Å². The summed E-state index contributed by atoms with van der Waals surface area (Å²) in [6.07, 6.45) is 5.45. The fourth-order valence-electron chi connectivity index (χ4n) is 2.32. The molecule has 1 aromatic carbocycles. The first kappa shape index (κ1) is 14.3. The first-order valence-electron chi connectivity index (χ1n) is 7.11. The molecule has 0 amide bonds. The molecule has 0 aliphatic carbocycles. The third-order valence-electron chi connectivity index (χ3n) is 3.75. The fourth-order valence-corrected chi connectivity index (χ4v) is 2.32. The second-order valence-electron chi connectivity index (χ2n) is 5.21. The monoisotopic (exact) mass is 294 g/mol. The smallest absolute Gasteiger partial charge is 0.118 e. The average Bonchev–Trinajstić information content (AvgIpc) is 2.99. The first-order chi connectivity index (χ1) is 10.7. The molecule has 0 aliphatic rings. The van der Waals surface area contributed by atoms with Gasteiger partial charge in [-0.3, -0.25) is 4.68 Å². The number of aromatic nitrogens is 4. The van der Waals surface area contributed by atoms with Crippen LogP contribution in [0.2, 0.25) is 0 Å². The molecule has 3 rings (SSSR count). The van der Waals surface area contributed by atoms with Crippen LogP contribution in [-0.2, 0) is 6.54 Å². The van der Waals surface area contributed by atoms with Gasteiger partial charge < -0.3 is 4.74 Å². The van der Waals surface area contributed by atoms with Crippen molar-refractivity contribution < 1.29 is 4.74 Å². The highest BCUT2D eigenvalue weighted by molar-refractivity contribution is 5.61. The van der Waals surface area contributed by atoms with Gasteiger partial charge in [-0.05, 0) is 37.1 Å². The van der Waals surface area contributed by atoms with Crippen LogP contribution in [-0.4, -0.2) is 26.9 Å². The lowest BCUT2D eigenvalue weighted by molar-refractivity contribution is 0.414. The summed E-state index contributed by atoms with van der Waals surface area (Å²) in [5.74, 6) is 0.858. The number of hydrogen-bond donors (Lipinski definition) is 0. The number of nitrogens with zero attached hydrogens (tertiary/aromatic N) is 4. The van der Waals surface area contributed by atoms with Crippen molar-refractivity contribution in [2.45, 2.75) is 20.4 Å². The number of methoxy groups -OCH3 is 1. The highest BCUT2D eigenvalue weighted by atomic mass is 16.5. The van der Waals surface area contributed by atoms with Crippen molar-refractivity contribution in [3.63, 3.8) is 0 Å². The highest BCUT2D eigenvalue weighted by Crippen LogP contribution is 2.21. The Labute approximate surface area is 129 Å². The van der Waals surface area contributed by atoms with Crippen molar-refractivity contribution in [2.24, 2.45) is 0 Å². The standard InChI is InChI=1S/C17H18N4O/c1-12-13(2)18-11-19-17(12)15-8-20-21(10-15)9-14-4-6-16(22-3)7-5-14/h4-8,10-11H,9H2,1-3H3. The summed E-state index contributed by atoms with van der Waals surface area (Å²) in [4.78, 5) is 8.58. The Hall–Kier alpha value is -2.69. The molecule has 0 unspecified atom stereocenters. The molecule has 2 heterocycles. The zero-order valence-electron chi connectivity index (χ0n) is 12.9. The zero-order valence-corrected chi connectivity index (χ0v) is 12.9. The third-order valence-corrected chi connectivity index (χ3v) is 3.75. The van der Waals surface area contributed by atoms with Crippen LogP contribution < -0.4 is 4.74 Å². The number of ether oxygens (including phenoxy) is 1. The van der Waals surface area contributed by atoms with Crippen molar-refractivity contribution in [3.8, 4) is 17.0 Å². The Kier molecular flexibility index (Phi) is 3.87. The average molecular weight is 294 g/mol. The maximum atomic E-state index is 5.17. The Morgan fingerprint density at radius 1 is 1.09 bits per heavy atom. The lowest BCUT2D eigenvalue weighted by Crippen LogP contribution is -1.99. The predicted molar refractivity (Wildman–Crippen MR) is 84.8 cm³/mol. The summed E-state index contributed by atoms with van der Waals surface area (Å²) in [6.45, 7) is 4.74. The molecule has 0 radical (unpaired) electrons. The van der Waals surface area contributed by atoms with Crippen LogP contribution in [0.3, 0.4) is 0 Å². The van der Waals surface area contributed by atoms with Gasteiger partial charge in [0, 0.05) is 17.5 Å². The van der Waals surface area contributed by atoms with Gasteiger partial charge in [0.15, 0.2) is 0 Å². The molecule has 3 aromatic rings.